The van der Waals surface area contributed by atoms with Crippen LogP contribution in [-0.2, 0) is 0 Å². The second-order valence-electron chi connectivity index (χ2n) is 6.95. The van der Waals surface area contributed by atoms with E-state index in [2.05, 4.69) is 69.3 Å². The molecule has 23 heavy (non-hydrogen) atoms. The maximum Gasteiger partial charge on any atom is 0.0364 e. The van der Waals surface area contributed by atoms with Crippen molar-refractivity contribution in [3.05, 3.63) is 59.5 Å². The van der Waals surface area contributed by atoms with Crippen LogP contribution in [0.15, 0.2) is 59.5 Å². The van der Waals surface area contributed by atoms with E-state index in [9.17, 15) is 0 Å². The third-order valence-electron chi connectivity index (χ3n) is 5.71. The third-order valence-corrected chi connectivity index (χ3v) is 5.71. The van der Waals surface area contributed by atoms with E-state index in [0.717, 1.165) is 30.9 Å². The summed E-state index contributed by atoms with van der Waals surface area (Å²) in [5, 5.41) is 3.36. The van der Waals surface area contributed by atoms with Crippen LogP contribution in [0, 0.1) is 11.3 Å². The number of hydrogen-bond donors (Lipinski definition) is 1. The summed E-state index contributed by atoms with van der Waals surface area (Å²) in [5.41, 5.74) is 6.49. The van der Waals surface area contributed by atoms with E-state index in [-0.39, 0.29) is 5.41 Å². The van der Waals surface area contributed by atoms with Crippen molar-refractivity contribution in [3.63, 3.8) is 0 Å². The number of hydrogen-bond acceptors (Lipinski definition) is 2. The van der Waals surface area contributed by atoms with Gasteiger partial charge in [0.15, 0.2) is 0 Å². The lowest BCUT2D eigenvalue weighted by molar-refractivity contribution is 0.0905. The largest absolute Gasteiger partial charge is 0.385 e. The molecule has 0 aromatic rings. The first-order valence-corrected chi connectivity index (χ1v) is 8.78. The maximum atomic E-state index is 4.33. The number of nitrogens with one attached hydrogen (secondary N) is 1. The summed E-state index contributed by atoms with van der Waals surface area (Å²) in [7, 11) is 0. The van der Waals surface area contributed by atoms with Crippen molar-refractivity contribution in [1.82, 2.24) is 10.2 Å². The summed E-state index contributed by atoms with van der Waals surface area (Å²) in [6.45, 7) is 22.7. The predicted octanol–water partition coefficient (Wildman–Crippen LogP) is 4.80. The Bertz CT molecular complexity index is 591. The molecule has 2 atom stereocenters. The fraction of sp³-hybridized carbons (Fsp3) is 0.524. The third kappa shape index (κ3) is 2.91. The Morgan fingerprint density at radius 2 is 2.13 bits per heavy atom. The van der Waals surface area contributed by atoms with Crippen LogP contribution in [0.2, 0.25) is 0 Å². The van der Waals surface area contributed by atoms with Crippen LogP contribution in [0.3, 0.4) is 0 Å². The van der Waals surface area contributed by atoms with Gasteiger partial charge in [-0.2, -0.15) is 0 Å². The van der Waals surface area contributed by atoms with Gasteiger partial charge >= 0.3 is 0 Å². The van der Waals surface area contributed by atoms with Gasteiger partial charge in [0.05, 0.1) is 0 Å². The molecule has 126 valence electrons. The normalized spacial score (nSPS) is 27.8. The highest BCUT2D eigenvalue weighted by Gasteiger charge is 2.48. The van der Waals surface area contributed by atoms with E-state index in [1.807, 2.05) is 6.92 Å². The highest BCUT2D eigenvalue weighted by Crippen LogP contribution is 2.53. The van der Waals surface area contributed by atoms with Crippen LogP contribution in [0.25, 0.3) is 0 Å². The summed E-state index contributed by atoms with van der Waals surface area (Å²) in [6.07, 6.45) is 7.68. The highest BCUT2D eigenvalue weighted by atomic mass is 15.2. The second-order valence-corrected chi connectivity index (χ2v) is 6.95. The van der Waals surface area contributed by atoms with Gasteiger partial charge in [-0.25, -0.2) is 0 Å². The molecule has 3 aliphatic heterocycles. The predicted molar refractivity (Wildman–Crippen MR) is 101 cm³/mol. The first kappa shape index (κ1) is 17.7. The molecule has 3 heterocycles. The number of piperidine rings is 1. The Labute approximate surface area is 142 Å². The summed E-state index contributed by atoms with van der Waals surface area (Å²) < 4.78 is 0. The molecule has 3 aliphatic rings. The monoisotopic (exact) mass is 312 g/mol. The van der Waals surface area contributed by atoms with Crippen molar-refractivity contribution in [3.8, 4) is 0 Å². The summed E-state index contributed by atoms with van der Waals surface area (Å²) in [4.78, 5) is 2.52. The first-order chi connectivity index (χ1) is 10.9. The van der Waals surface area contributed by atoms with Crippen molar-refractivity contribution < 1.29 is 0 Å². The first-order valence-electron chi connectivity index (χ1n) is 8.78. The van der Waals surface area contributed by atoms with Crippen LogP contribution in [0.5, 0.6) is 0 Å². The van der Waals surface area contributed by atoms with Crippen molar-refractivity contribution in [2.45, 2.75) is 41.0 Å². The topological polar surface area (TPSA) is 15.3 Å². The molecule has 0 amide bonds. The van der Waals surface area contributed by atoms with E-state index in [1.165, 1.54) is 23.3 Å². The van der Waals surface area contributed by atoms with Crippen molar-refractivity contribution in [2.75, 3.05) is 19.6 Å². The molecular weight excluding hydrogens is 280 g/mol. The zero-order chi connectivity index (χ0) is 17.2. The maximum absolute atomic E-state index is 4.33. The fourth-order valence-electron chi connectivity index (χ4n) is 4.42. The lowest BCUT2D eigenvalue weighted by Crippen LogP contribution is -2.52. The minimum Gasteiger partial charge on any atom is -0.385 e. The molecule has 0 spiro atoms. The van der Waals surface area contributed by atoms with Crippen LogP contribution < -0.4 is 5.32 Å². The van der Waals surface area contributed by atoms with Crippen LogP contribution in [-0.4, -0.2) is 24.5 Å². The molecule has 0 aliphatic carbocycles. The summed E-state index contributed by atoms with van der Waals surface area (Å²) in [5.74, 6) is 0.641. The average molecular weight is 313 g/mol. The SMILES string of the molecule is C=C(/C=C\C1=C(C)C2(C(=C)C)CCN1CC2C)/C(=C/C)NCC. The van der Waals surface area contributed by atoms with E-state index in [1.54, 1.807) is 0 Å². The molecule has 0 radical (unpaired) electrons. The second kappa shape index (κ2) is 6.82. The van der Waals surface area contributed by atoms with Gasteiger partial charge in [0.1, 0.15) is 0 Å². The Balaban J connectivity index is 2.33. The van der Waals surface area contributed by atoms with Crippen LogP contribution in [0.1, 0.15) is 41.0 Å². The number of rotatable bonds is 6. The standard InChI is InChI=1S/C21H32N2/c1-8-19(22-9-2)16(5)10-11-20-18(7)21(15(3)4)12-13-23(20)14-17(21)6/h8,10-11,17,22H,3,5,9,12-14H2,1-2,4,6-7H3/b11-10-,19-8-. The Kier molecular flexibility index (Phi) is 5.23. The molecule has 2 heteroatoms. The molecule has 2 bridgehead atoms. The molecule has 1 saturated heterocycles. The summed E-state index contributed by atoms with van der Waals surface area (Å²) >= 11 is 0. The smallest absolute Gasteiger partial charge is 0.0364 e. The van der Waals surface area contributed by atoms with E-state index >= 15 is 0 Å². The number of fused-ring (bicyclic) bond motifs is 2. The van der Waals surface area contributed by atoms with Gasteiger partial charge in [0, 0.05) is 36.4 Å². The zero-order valence-corrected chi connectivity index (χ0v) is 15.5. The van der Waals surface area contributed by atoms with E-state index in [4.69, 9.17) is 0 Å². The Morgan fingerprint density at radius 1 is 1.43 bits per heavy atom. The van der Waals surface area contributed by atoms with Crippen LogP contribution >= 0.6 is 0 Å². The fourth-order valence-corrected chi connectivity index (χ4v) is 4.42. The molecular formula is C21H32N2. The Hall–Kier alpha value is -1.70. The average Bonchev–Trinajstić information content (AvgIpc) is 2.51. The molecule has 1 N–H and O–H groups in total. The Morgan fingerprint density at radius 3 is 2.65 bits per heavy atom. The molecule has 0 aromatic heterocycles. The van der Waals surface area contributed by atoms with Gasteiger partial charge in [-0.3, -0.25) is 0 Å². The lowest BCUT2D eigenvalue weighted by Gasteiger charge is -2.55. The van der Waals surface area contributed by atoms with E-state index < -0.39 is 0 Å². The minimum atomic E-state index is 0.181. The van der Waals surface area contributed by atoms with E-state index in [0.29, 0.717) is 5.92 Å². The van der Waals surface area contributed by atoms with Crippen molar-refractivity contribution in [1.29, 1.82) is 0 Å². The highest BCUT2D eigenvalue weighted by molar-refractivity contribution is 5.44. The number of nitrogens with zero attached hydrogens (tertiary/aromatic N) is 1. The number of likely N-dealkylation sites (N-methyl/N-ethyl adjacent to an activating group) is 1. The molecule has 0 aromatic carbocycles. The lowest BCUT2D eigenvalue weighted by atomic mass is 9.59. The quantitative estimate of drug-likeness (QED) is 0.559. The molecule has 3 rings (SSSR count). The molecule has 0 saturated carbocycles. The van der Waals surface area contributed by atoms with Gasteiger partial charge in [0.25, 0.3) is 0 Å². The van der Waals surface area contributed by atoms with Crippen molar-refractivity contribution >= 4 is 0 Å². The van der Waals surface area contributed by atoms with Crippen LogP contribution in [0.4, 0.5) is 0 Å². The van der Waals surface area contributed by atoms with Gasteiger partial charge < -0.3 is 10.2 Å². The van der Waals surface area contributed by atoms with Gasteiger partial charge in [-0.1, -0.05) is 37.8 Å². The van der Waals surface area contributed by atoms with Gasteiger partial charge in [-0.05, 0) is 57.3 Å². The zero-order valence-electron chi connectivity index (χ0n) is 15.5. The minimum absolute atomic E-state index is 0.181. The number of allylic oxidation sites excluding steroid dienone is 5. The molecule has 1 fully saturated rings. The van der Waals surface area contributed by atoms with Crippen molar-refractivity contribution in [2.24, 2.45) is 11.3 Å². The molecule has 2 unspecified atom stereocenters. The molecule has 2 nitrogen and oxygen atoms in total. The summed E-state index contributed by atoms with van der Waals surface area (Å²) in [6, 6.07) is 0. The van der Waals surface area contributed by atoms with Gasteiger partial charge in [0.2, 0.25) is 0 Å². The van der Waals surface area contributed by atoms with Gasteiger partial charge in [-0.15, -0.1) is 0 Å².